The highest BCUT2D eigenvalue weighted by molar-refractivity contribution is 9.10. The van der Waals surface area contributed by atoms with Gasteiger partial charge in [0.2, 0.25) is 5.96 Å². The number of halogens is 3. The van der Waals surface area contributed by atoms with Crippen molar-refractivity contribution < 1.29 is 4.79 Å². The van der Waals surface area contributed by atoms with Gasteiger partial charge in [-0.15, -0.1) is 0 Å². The number of guanidine groups is 1. The Hall–Kier alpha value is -2.34. The zero-order chi connectivity index (χ0) is 21.6. The minimum atomic E-state index is -0.641. The van der Waals surface area contributed by atoms with Crippen LogP contribution in [-0.2, 0) is 0 Å². The minimum absolute atomic E-state index is 0.153. The van der Waals surface area contributed by atoms with Crippen LogP contribution in [-0.4, -0.2) is 23.0 Å². The molecule has 152 valence electrons. The second-order valence-corrected chi connectivity index (χ2v) is 8.73. The van der Waals surface area contributed by atoms with E-state index < -0.39 is 11.6 Å². The Morgan fingerprint density at radius 3 is 2.48 bits per heavy atom. The van der Waals surface area contributed by atoms with E-state index in [9.17, 15) is 4.79 Å². The van der Waals surface area contributed by atoms with Crippen LogP contribution in [0.2, 0.25) is 10.2 Å². The van der Waals surface area contributed by atoms with Gasteiger partial charge in [0, 0.05) is 16.0 Å². The number of aliphatic imine (C=N–C) groups is 1. The number of carbonyl (C=O) groups is 1. The molecule has 0 radical (unpaired) electrons. The second kappa shape index (κ2) is 9.92. The quantitative estimate of drug-likeness (QED) is 0.185. The number of benzene rings is 1. The molecule has 1 aromatic heterocycles. The first-order valence-electron chi connectivity index (χ1n) is 8.47. The van der Waals surface area contributed by atoms with Crippen LogP contribution in [0.1, 0.15) is 31.1 Å². The summed E-state index contributed by atoms with van der Waals surface area (Å²) in [7, 11) is 0. The Balaban J connectivity index is 2.28. The molecule has 0 fully saturated rings. The zero-order valence-electron chi connectivity index (χ0n) is 15.9. The van der Waals surface area contributed by atoms with E-state index in [2.05, 4.69) is 41.9 Å². The van der Waals surface area contributed by atoms with Gasteiger partial charge in [0.1, 0.15) is 11.3 Å². The summed E-state index contributed by atoms with van der Waals surface area (Å²) in [5.74, 6) is -0.155. The Bertz CT molecular complexity index is 951. The van der Waals surface area contributed by atoms with Crippen LogP contribution in [0.5, 0.6) is 0 Å². The molecule has 1 aromatic carbocycles. The molecular formula is C19H19BrCl2N6O. The van der Waals surface area contributed by atoms with Crippen molar-refractivity contribution in [2.75, 3.05) is 5.32 Å². The van der Waals surface area contributed by atoms with Gasteiger partial charge in [0.25, 0.3) is 5.91 Å². The third-order valence-corrected chi connectivity index (χ3v) is 5.07. The molecule has 0 saturated carbocycles. The largest absolute Gasteiger partial charge is 0.330 e. The summed E-state index contributed by atoms with van der Waals surface area (Å²) >= 11 is 15.1. The monoisotopic (exact) mass is 496 g/mol. The van der Waals surface area contributed by atoms with Gasteiger partial charge in [-0.1, -0.05) is 44.0 Å². The van der Waals surface area contributed by atoms with E-state index in [0.29, 0.717) is 25.9 Å². The van der Waals surface area contributed by atoms with Gasteiger partial charge in [-0.05, 0) is 46.3 Å². The molecule has 10 heteroatoms. The Kier molecular flexibility index (Phi) is 7.85. The summed E-state index contributed by atoms with van der Waals surface area (Å²) in [6, 6.07) is 8.24. The fourth-order valence-electron chi connectivity index (χ4n) is 2.16. The van der Waals surface area contributed by atoms with Crippen LogP contribution < -0.4 is 16.0 Å². The highest BCUT2D eigenvalue weighted by Crippen LogP contribution is 2.24. The lowest BCUT2D eigenvalue weighted by Crippen LogP contribution is -2.44. The summed E-state index contributed by atoms with van der Waals surface area (Å²) in [6.07, 6.45) is 2.69. The van der Waals surface area contributed by atoms with E-state index in [1.54, 1.807) is 30.3 Å². The molecule has 2 aromatic rings. The van der Waals surface area contributed by atoms with Crippen LogP contribution in [0.15, 0.2) is 46.0 Å². The normalized spacial score (nSPS) is 12.7. The second-order valence-electron chi connectivity index (χ2n) is 7.09. The van der Waals surface area contributed by atoms with E-state index in [1.807, 2.05) is 27.0 Å². The van der Waals surface area contributed by atoms with Crippen LogP contribution in [0.25, 0.3) is 0 Å². The van der Waals surface area contributed by atoms with Gasteiger partial charge in [-0.25, -0.2) is 9.98 Å². The van der Waals surface area contributed by atoms with E-state index in [1.165, 1.54) is 6.20 Å². The maximum Gasteiger partial charge on any atom is 0.252 e. The molecule has 0 aliphatic heterocycles. The Morgan fingerprint density at radius 2 is 1.93 bits per heavy atom. The Labute approximate surface area is 187 Å². The molecule has 0 saturated heterocycles. The fraction of sp³-hybridized carbons (Fsp3) is 0.263. The average Bonchev–Trinajstić information content (AvgIpc) is 2.64. The van der Waals surface area contributed by atoms with Crippen molar-refractivity contribution in [3.8, 4) is 6.19 Å². The fourth-order valence-corrected chi connectivity index (χ4v) is 2.73. The molecule has 0 spiro atoms. The molecule has 2 rings (SSSR count). The molecule has 1 amide bonds. The van der Waals surface area contributed by atoms with Crippen molar-refractivity contribution in [2.24, 2.45) is 10.4 Å². The van der Waals surface area contributed by atoms with Crippen molar-refractivity contribution >= 4 is 56.7 Å². The number of carbonyl (C=O) groups excluding carboxylic acids is 1. The smallest absolute Gasteiger partial charge is 0.252 e. The first-order chi connectivity index (χ1) is 13.6. The maximum absolute atomic E-state index is 12.6. The van der Waals surface area contributed by atoms with Crippen molar-refractivity contribution in [3.63, 3.8) is 0 Å². The summed E-state index contributed by atoms with van der Waals surface area (Å²) in [5.41, 5.74) is 0.567. The molecule has 7 nitrogen and oxygen atoms in total. The number of nitrogens with one attached hydrogen (secondary N) is 3. The van der Waals surface area contributed by atoms with Gasteiger partial charge in [-0.3, -0.25) is 10.1 Å². The lowest BCUT2D eigenvalue weighted by atomic mass is 9.92. The molecule has 0 aliphatic carbocycles. The van der Waals surface area contributed by atoms with Crippen LogP contribution in [0.4, 0.5) is 5.69 Å². The van der Waals surface area contributed by atoms with Crippen LogP contribution >= 0.6 is 39.1 Å². The van der Waals surface area contributed by atoms with Gasteiger partial charge in [0.05, 0.1) is 16.4 Å². The number of aromatic nitrogens is 1. The molecular weight excluding hydrogens is 479 g/mol. The summed E-state index contributed by atoms with van der Waals surface area (Å²) in [4.78, 5) is 21.2. The number of nitriles is 1. The molecule has 29 heavy (non-hydrogen) atoms. The molecule has 0 aliphatic rings. The van der Waals surface area contributed by atoms with E-state index in [-0.39, 0.29) is 11.9 Å². The molecule has 1 atom stereocenters. The average molecular weight is 498 g/mol. The minimum Gasteiger partial charge on any atom is -0.330 e. The van der Waals surface area contributed by atoms with E-state index in [4.69, 9.17) is 28.5 Å². The van der Waals surface area contributed by atoms with Crippen LogP contribution in [0.3, 0.4) is 0 Å². The number of pyridine rings is 1. The standard InChI is InChI=1S/C19H19BrCl2N6O/c1-19(2,3)17(27-16(29)11-4-6-12(21)7-5-11)28-18(25-10-23)26-13-8-14(20)15(22)24-9-13/h4-9,17H,1-3H3,(H,27,29)(H2,25,26,28). The first kappa shape index (κ1) is 22.9. The van der Waals surface area contributed by atoms with Crippen molar-refractivity contribution in [2.45, 2.75) is 26.9 Å². The highest BCUT2D eigenvalue weighted by atomic mass is 79.9. The zero-order valence-corrected chi connectivity index (χ0v) is 19.0. The maximum atomic E-state index is 12.6. The van der Waals surface area contributed by atoms with Crippen molar-refractivity contribution in [1.82, 2.24) is 15.6 Å². The summed E-state index contributed by atoms with van der Waals surface area (Å²) in [5, 5.41) is 18.3. The lowest BCUT2D eigenvalue weighted by Gasteiger charge is -2.29. The van der Waals surface area contributed by atoms with Gasteiger partial charge >= 0.3 is 0 Å². The summed E-state index contributed by atoms with van der Waals surface area (Å²) in [6.45, 7) is 5.77. The number of hydrogen-bond acceptors (Lipinski definition) is 4. The summed E-state index contributed by atoms with van der Waals surface area (Å²) < 4.78 is 0.587. The third-order valence-electron chi connectivity index (χ3n) is 3.69. The topological polar surface area (TPSA) is 102 Å². The number of rotatable bonds is 4. The Morgan fingerprint density at radius 1 is 1.28 bits per heavy atom. The van der Waals surface area contributed by atoms with Gasteiger partial charge in [-0.2, -0.15) is 5.26 Å². The predicted molar refractivity (Wildman–Crippen MR) is 119 cm³/mol. The molecule has 0 bridgehead atoms. The highest BCUT2D eigenvalue weighted by Gasteiger charge is 2.27. The molecule has 1 heterocycles. The SMILES string of the molecule is CC(C)(C)C(/N=C(/NC#N)Nc1cnc(Cl)c(Br)c1)NC(=O)c1ccc(Cl)cc1. The van der Waals surface area contributed by atoms with Crippen molar-refractivity contribution in [3.05, 3.63) is 56.7 Å². The molecule has 1 unspecified atom stereocenters. The number of amides is 1. The van der Waals surface area contributed by atoms with Crippen LogP contribution in [0, 0.1) is 16.9 Å². The van der Waals surface area contributed by atoms with Crippen molar-refractivity contribution in [1.29, 1.82) is 5.26 Å². The van der Waals surface area contributed by atoms with Gasteiger partial charge < -0.3 is 10.6 Å². The molecule has 3 N–H and O–H groups in total. The lowest BCUT2D eigenvalue weighted by molar-refractivity contribution is 0.0906. The number of hydrogen-bond donors (Lipinski definition) is 3. The number of anilines is 1. The van der Waals surface area contributed by atoms with E-state index in [0.717, 1.165) is 0 Å². The number of nitrogens with zero attached hydrogens (tertiary/aromatic N) is 3. The predicted octanol–water partition coefficient (Wildman–Crippen LogP) is 4.79. The third kappa shape index (κ3) is 6.89. The first-order valence-corrected chi connectivity index (χ1v) is 10.0. The van der Waals surface area contributed by atoms with E-state index >= 15 is 0 Å². The van der Waals surface area contributed by atoms with Gasteiger partial charge in [0.15, 0.2) is 6.19 Å².